The molecule has 0 saturated carbocycles. The molecule has 120 valence electrons. The van der Waals surface area contributed by atoms with Crippen molar-refractivity contribution in [1.29, 1.82) is 0 Å². The highest BCUT2D eigenvalue weighted by Gasteiger charge is 2.13. The number of benzene rings is 2. The number of aromatic nitrogens is 2. The summed E-state index contributed by atoms with van der Waals surface area (Å²) in [4.78, 5) is 4.67. The number of rotatable bonds is 4. The zero-order chi connectivity index (χ0) is 16.5. The maximum Gasteiger partial charge on any atom is 0.226 e. The fourth-order valence-corrected chi connectivity index (χ4v) is 3.00. The van der Waals surface area contributed by atoms with E-state index in [4.69, 9.17) is 4.42 Å². The van der Waals surface area contributed by atoms with Crippen LogP contribution in [0.2, 0.25) is 0 Å². The Hall–Kier alpha value is -2.85. The summed E-state index contributed by atoms with van der Waals surface area (Å²) in [6.07, 6.45) is 2.03. The van der Waals surface area contributed by atoms with Gasteiger partial charge in [0.05, 0.1) is 13.2 Å². The van der Waals surface area contributed by atoms with Crippen molar-refractivity contribution < 1.29 is 9.52 Å². The van der Waals surface area contributed by atoms with Crippen LogP contribution < -0.4 is 0 Å². The predicted octanol–water partition coefficient (Wildman–Crippen LogP) is 4.15. The summed E-state index contributed by atoms with van der Waals surface area (Å²) in [5.74, 6) is 1.48. The van der Waals surface area contributed by atoms with Crippen LogP contribution in [0.3, 0.4) is 0 Å². The maximum atomic E-state index is 9.47. The van der Waals surface area contributed by atoms with Crippen LogP contribution in [0.25, 0.3) is 22.4 Å². The molecule has 1 N–H and O–H groups in total. The molecular formula is C20H18N2O2. The zero-order valence-electron chi connectivity index (χ0n) is 13.4. The van der Waals surface area contributed by atoms with E-state index in [0.29, 0.717) is 12.4 Å². The van der Waals surface area contributed by atoms with Gasteiger partial charge in [-0.1, -0.05) is 30.3 Å². The third-order valence-corrected chi connectivity index (χ3v) is 4.31. The number of oxazole rings is 1. The lowest BCUT2D eigenvalue weighted by Crippen LogP contribution is -2.00. The molecule has 0 radical (unpaired) electrons. The van der Waals surface area contributed by atoms with Crippen LogP contribution in [-0.4, -0.2) is 14.7 Å². The number of hydrogen-bond donors (Lipinski definition) is 1. The molecule has 0 saturated heterocycles. The van der Waals surface area contributed by atoms with Crippen LogP contribution in [0.5, 0.6) is 0 Å². The molecule has 0 aliphatic heterocycles. The number of aliphatic hydroxyl groups excluding tert-OH is 1. The van der Waals surface area contributed by atoms with Gasteiger partial charge in [-0.05, 0) is 36.8 Å². The summed E-state index contributed by atoms with van der Waals surface area (Å²) < 4.78 is 7.98. The number of fused-ring (bicyclic) bond motifs is 1. The van der Waals surface area contributed by atoms with Crippen LogP contribution >= 0.6 is 0 Å². The molecule has 4 heteroatoms. The second-order valence-electron chi connectivity index (χ2n) is 5.84. The number of nitrogens with zero attached hydrogens (tertiary/aromatic N) is 2. The van der Waals surface area contributed by atoms with Crippen molar-refractivity contribution in [2.24, 2.45) is 0 Å². The second kappa shape index (κ2) is 5.98. The van der Waals surface area contributed by atoms with Crippen molar-refractivity contribution in [2.45, 2.75) is 20.1 Å². The molecule has 0 unspecified atom stereocenters. The second-order valence-corrected chi connectivity index (χ2v) is 5.84. The Kier molecular flexibility index (Phi) is 3.67. The van der Waals surface area contributed by atoms with E-state index in [1.54, 1.807) is 0 Å². The first kappa shape index (κ1) is 14.7. The van der Waals surface area contributed by atoms with Gasteiger partial charge < -0.3 is 14.1 Å². The summed E-state index contributed by atoms with van der Waals surface area (Å²) >= 11 is 0. The third-order valence-electron chi connectivity index (χ3n) is 4.31. The van der Waals surface area contributed by atoms with E-state index in [0.717, 1.165) is 33.5 Å². The van der Waals surface area contributed by atoms with E-state index in [1.165, 1.54) is 0 Å². The molecule has 4 nitrogen and oxygen atoms in total. The van der Waals surface area contributed by atoms with Gasteiger partial charge >= 0.3 is 0 Å². The molecule has 2 heterocycles. The molecule has 24 heavy (non-hydrogen) atoms. The largest absolute Gasteiger partial charge is 0.441 e. The lowest BCUT2D eigenvalue weighted by atomic mass is 10.1. The number of aryl methyl sites for hydroxylation is 1. The van der Waals surface area contributed by atoms with E-state index in [9.17, 15) is 5.11 Å². The van der Waals surface area contributed by atoms with Crippen LogP contribution in [-0.2, 0) is 13.2 Å². The molecule has 0 aliphatic carbocycles. The Bertz CT molecular complexity index is 983. The van der Waals surface area contributed by atoms with Crippen molar-refractivity contribution in [3.8, 4) is 11.5 Å². The van der Waals surface area contributed by atoms with Crippen LogP contribution in [0.4, 0.5) is 0 Å². The number of aliphatic hydroxyl groups is 1. The minimum atomic E-state index is 0.0441. The van der Waals surface area contributed by atoms with Gasteiger partial charge in [0.1, 0.15) is 11.5 Å². The first-order valence-electron chi connectivity index (χ1n) is 7.95. The highest BCUT2D eigenvalue weighted by atomic mass is 16.4. The van der Waals surface area contributed by atoms with Gasteiger partial charge in [0.15, 0.2) is 0 Å². The normalized spacial score (nSPS) is 11.2. The summed E-state index contributed by atoms with van der Waals surface area (Å²) in [7, 11) is 0. The third kappa shape index (κ3) is 2.51. The van der Waals surface area contributed by atoms with E-state index >= 15 is 0 Å². The van der Waals surface area contributed by atoms with Crippen LogP contribution in [0.15, 0.2) is 65.2 Å². The Balaban J connectivity index is 1.70. The summed E-state index contributed by atoms with van der Waals surface area (Å²) in [6.45, 7) is 2.63. The van der Waals surface area contributed by atoms with Gasteiger partial charge in [-0.3, -0.25) is 0 Å². The Morgan fingerprint density at radius 3 is 2.67 bits per heavy atom. The fourth-order valence-electron chi connectivity index (χ4n) is 3.00. The standard InChI is InChI=1S/C20H18N2O2/c1-14-18(21-20(24-14)15-6-3-2-4-7-15)12-22-11-10-17-16(13-23)8-5-9-19(17)22/h2-11,23H,12-13H2,1H3. The lowest BCUT2D eigenvalue weighted by Gasteiger charge is -2.05. The van der Waals surface area contributed by atoms with E-state index in [2.05, 4.69) is 15.6 Å². The predicted molar refractivity (Wildman–Crippen MR) is 93.6 cm³/mol. The quantitative estimate of drug-likeness (QED) is 0.615. The van der Waals surface area contributed by atoms with Crippen molar-refractivity contribution in [3.63, 3.8) is 0 Å². The summed E-state index contributed by atoms with van der Waals surface area (Å²) in [5, 5.41) is 10.5. The molecule has 2 aromatic heterocycles. The molecule has 0 aliphatic rings. The Labute approximate surface area is 140 Å². The van der Waals surface area contributed by atoms with E-state index in [-0.39, 0.29) is 6.61 Å². The molecule has 0 spiro atoms. The molecule has 0 amide bonds. The van der Waals surface area contributed by atoms with Gasteiger partial charge in [0.25, 0.3) is 0 Å². The minimum Gasteiger partial charge on any atom is -0.441 e. The van der Waals surface area contributed by atoms with Gasteiger partial charge in [0.2, 0.25) is 5.89 Å². The monoisotopic (exact) mass is 318 g/mol. The molecule has 0 fully saturated rings. The highest BCUT2D eigenvalue weighted by Crippen LogP contribution is 2.25. The number of hydrogen-bond acceptors (Lipinski definition) is 3. The van der Waals surface area contributed by atoms with Gasteiger partial charge in [-0.2, -0.15) is 0 Å². The van der Waals surface area contributed by atoms with Gasteiger partial charge in [-0.25, -0.2) is 4.98 Å². The topological polar surface area (TPSA) is 51.2 Å². The molecule has 0 atom stereocenters. The average Bonchev–Trinajstić information content (AvgIpc) is 3.20. The van der Waals surface area contributed by atoms with E-state index in [1.807, 2.05) is 61.7 Å². The lowest BCUT2D eigenvalue weighted by molar-refractivity contribution is 0.283. The first-order valence-corrected chi connectivity index (χ1v) is 7.95. The average molecular weight is 318 g/mol. The van der Waals surface area contributed by atoms with Crippen molar-refractivity contribution >= 4 is 10.9 Å². The molecule has 4 rings (SSSR count). The zero-order valence-corrected chi connectivity index (χ0v) is 13.4. The maximum absolute atomic E-state index is 9.47. The molecule has 4 aromatic rings. The molecule has 0 bridgehead atoms. The van der Waals surface area contributed by atoms with Crippen molar-refractivity contribution in [3.05, 3.63) is 77.8 Å². The van der Waals surface area contributed by atoms with E-state index < -0.39 is 0 Å². The highest BCUT2D eigenvalue weighted by molar-refractivity contribution is 5.83. The smallest absolute Gasteiger partial charge is 0.226 e. The Morgan fingerprint density at radius 1 is 1.04 bits per heavy atom. The fraction of sp³-hybridized carbons (Fsp3) is 0.150. The summed E-state index contributed by atoms with van der Waals surface area (Å²) in [6, 6.07) is 17.9. The van der Waals surface area contributed by atoms with Crippen molar-refractivity contribution in [1.82, 2.24) is 9.55 Å². The van der Waals surface area contributed by atoms with Crippen LogP contribution in [0, 0.1) is 6.92 Å². The van der Waals surface area contributed by atoms with Gasteiger partial charge in [0, 0.05) is 22.7 Å². The van der Waals surface area contributed by atoms with Crippen molar-refractivity contribution in [2.75, 3.05) is 0 Å². The van der Waals surface area contributed by atoms with Gasteiger partial charge in [-0.15, -0.1) is 0 Å². The SMILES string of the molecule is Cc1oc(-c2ccccc2)nc1Cn1ccc2c(CO)cccc21. The Morgan fingerprint density at radius 2 is 1.88 bits per heavy atom. The van der Waals surface area contributed by atoms with Crippen LogP contribution in [0.1, 0.15) is 17.0 Å². The first-order chi connectivity index (χ1) is 11.8. The molecular weight excluding hydrogens is 300 g/mol. The summed E-state index contributed by atoms with van der Waals surface area (Å²) in [5.41, 5.74) is 3.92. The molecule has 2 aromatic carbocycles. The minimum absolute atomic E-state index is 0.0441.